The van der Waals surface area contributed by atoms with E-state index in [2.05, 4.69) is 0 Å². The minimum Gasteiger partial charge on any atom is -0.327 e. The van der Waals surface area contributed by atoms with Crippen LogP contribution in [-0.4, -0.2) is 12.3 Å². The van der Waals surface area contributed by atoms with Crippen LogP contribution in [-0.2, 0) is 0 Å². The van der Waals surface area contributed by atoms with Crippen molar-refractivity contribution in [2.45, 2.75) is 6.42 Å². The first-order valence-corrected chi connectivity index (χ1v) is 4.65. The lowest BCUT2D eigenvalue weighted by atomic mass is 10.0. The summed E-state index contributed by atoms with van der Waals surface area (Å²) in [6.45, 7) is 0.431. The average Bonchev–Trinajstić information content (AvgIpc) is 2.27. The lowest BCUT2D eigenvalue weighted by molar-refractivity contribution is 0.0997. The van der Waals surface area contributed by atoms with Crippen molar-refractivity contribution >= 4 is 11.9 Å². The molecule has 0 unspecified atom stereocenters. The van der Waals surface area contributed by atoms with Gasteiger partial charge in [-0.05, 0) is 5.56 Å². The van der Waals surface area contributed by atoms with Crippen molar-refractivity contribution in [3.8, 4) is 6.07 Å². The summed E-state index contributed by atoms with van der Waals surface area (Å²) in [6, 6.07) is 9.03. The maximum atomic E-state index is 11.5. The molecule has 1 rings (SSSR count). The van der Waals surface area contributed by atoms with Gasteiger partial charge in [0.15, 0.2) is 5.78 Å². The number of hydrogen-bond acceptors (Lipinski definition) is 3. The fourth-order valence-corrected chi connectivity index (χ4v) is 1.26. The Bertz CT molecular complexity index is 416. The highest BCUT2D eigenvalue weighted by Crippen LogP contribution is 2.12. The van der Waals surface area contributed by atoms with E-state index in [9.17, 15) is 4.79 Å². The Hall–Kier alpha value is -1.92. The number of hydrogen-bond donors (Lipinski definition) is 1. The van der Waals surface area contributed by atoms with Gasteiger partial charge in [0.25, 0.3) is 0 Å². The third kappa shape index (κ3) is 3.04. The average molecular weight is 200 g/mol. The van der Waals surface area contributed by atoms with Gasteiger partial charge in [0.05, 0.1) is 12.5 Å². The second-order valence-electron chi connectivity index (χ2n) is 2.98. The van der Waals surface area contributed by atoms with E-state index >= 15 is 0 Å². The molecule has 1 aromatic rings. The Morgan fingerprint density at radius 1 is 1.47 bits per heavy atom. The maximum absolute atomic E-state index is 11.5. The topological polar surface area (TPSA) is 66.9 Å². The zero-order chi connectivity index (χ0) is 11.1. The van der Waals surface area contributed by atoms with Crippen molar-refractivity contribution in [3.63, 3.8) is 0 Å². The predicted molar refractivity (Wildman–Crippen MR) is 59.1 cm³/mol. The Morgan fingerprint density at radius 2 is 2.20 bits per heavy atom. The molecule has 2 N–H and O–H groups in total. The van der Waals surface area contributed by atoms with Crippen molar-refractivity contribution in [3.05, 3.63) is 41.5 Å². The summed E-state index contributed by atoms with van der Waals surface area (Å²) < 4.78 is 0. The highest BCUT2D eigenvalue weighted by atomic mass is 16.1. The van der Waals surface area contributed by atoms with Crippen molar-refractivity contribution in [2.75, 3.05) is 6.54 Å². The van der Waals surface area contributed by atoms with Gasteiger partial charge in [-0.1, -0.05) is 36.4 Å². The van der Waals surface area contributed by atoms with Gasteiger partial charge in [0, 0.05) is 12.1 Å². The summed E-state index contributed by atoms with van der Waals surface area (Å²) in [7, 11) is 0. The molecule has 76 valence electrons. The van der Waals surface area contributed by atoms with Gasteiger partial charge in [0.2, 0.25) is 0 Å². The molecule has 3 nitrogen and oxygen atoms in total. The van der Waals surface area contributed by atoms with E-state index in [0.29, 0.717) is 12.1 Å². The Labute approximate surface area is 88.8 Å². The number of nitriles is 1. The van der Waals surface area contributed by atoms with Gasteiger partial charge in [-0.25, -0.2) is 0 Å². The molecule has 0 fully saturated rings. The van der Waals surface area contributed by atoms with E-state index < -0.39 is 0 Å². The first-order chi connectivity index (χ1) is 7.29. The Morgan fingerprint density at radius 3 is 2.87 bits per heavy atom. The van der Waals surface area contributed by atoms with Gasteiger partial charge >= 0.3 is 0 Å². The number of carbonyl (C=O) groups excluding carboxylic acids is 1. The minimum absolute atomic E-state index is 0.0898. The number of Topliss-reactive ketones (excluding diaryl/α,β-unsaturated/α-hetero) is 1. The standard InChI is InChI=1S/C12H12N2O/c13-8-3-5-10-4-1-2-6-11(10)12(15)7-9-14/h1-6H,7-8,13H2. The zero-order valence-corrected chi connectivity index (χ0v) is 8.31. The molecule has 15 heavy (non-hydrogen) atoms. The lowest BCUT2D eigenvalue weighted by Gasteiger charge is -2.01. The fourth-order valence-electron chi connectivity index (χ4n) is 1.26. The molecule has 0 atom stereocenters. The lowest BCUT2D eigenvalue weighted by Crippen LogP contribution is -2.00. The summed E-state index contributed by atoms with van der Waals surface area (Å²) in [6.07, 6.45) is 3.48. The van der Waals surface area contributed by atoms with Crippen LogP contribution in [0.5, 0.6) is 0 Å². The second-order valence-corrected chi connectivity index (χ2v) is 2.98. The van der Waals surface area contributed by atoms with E-state index in [1.807, 2.05) is 18.2 Å². The van der Waals surface area contributed by atoms with Crippen LogP contribution in [0.15, 0.2) is 30.3 Å². The molecule has 0 aliphatic rings. The Kier molecular flexibility index (Phi) is 4.27. The second kappa shape index (κ2) is 5.74. The van der Waals surface area contributed by atoms with E-state index in [1.54, 1.807) is 24.3 Å². The van der Waals surface area contributed by atoms with Crippen LogP contribution in [0.25, 0.3) is 6.08 Å². The molecule has 0 amide bonds. The van der Waals surface area contributed by atoms with Crippen LogP contribution in [0.1, 0.15) is 22.3 Å². The quantitative estimate of drug-likeness (QED) is 0.753. The maximum Gasteiger partial charge on any atom is 0.177 e. The van der Waals surface area contributed by atoms with Crippen LogP contribution in [0.2, 0.25) is 0 Å². The van der Waals surface area contributed by atoms with Gasteiger partial charge < -0.3 is 5.73 Å². The van der Waals surface area contributed by atoms with E-state index in [4.69, 9.17) is 11.0 Å². The molecule has 0 aromatic heterocycles. The molecule has 0 bridgehead atoms. The molecular formula is C12H12N2O. The van der Waals surface area contributed by atoms with E-state index in [0.717, 1.165) is 5.56 Å². The number of carbonyl (C=O) groups is 1. The summed E-state index contributed by atoms with van der Waals surface area (Å²) in [5, 5.41) is 8.46. The highest BCUT2D eigenvalue weighted by Gasteiger charge is 2.07. The summed E-state index contributed by atoms with van der Waals surface area (Å²) in [5.41, 5.74) is 6.72. The smallest absolute Gasteiger partial charge is 0.177 e. The number of rotatable bonds is 4. The van der Waals surface area contributed by atoms with Crippen LogP contribution in [0, 0.1) is 11.3 Å². The first-order valence-electron chi connectivity index (χ1n) is 4.65. The highest BCUT2D eigenvalue weighted by molar-refractivity contribution is 6.00. The van der Waals surface area contributed by atoms with Crippen LogP contribution < -0.4 is 5.73 Å². The molecule has 0 saturated carbocycles. The molecule has 0 aliphatic carbocycles. The molecular weight excluding hydrogens is 188 g/mol. The normalized spacial score (nSPS) is 10.1. The van der Waals surface area contributed by atoms with Gasteiger partial charge in [0.1, 0.15) is 0 Å². The van der Waals surface area contributed by atoms with Crippen molar-refractivity contribution < 1.29 is 4.79 Å². The molecule has 0 radical (unpaired) electrons. The predicted octanol–water partition coefficient (Wildman–Crippen LogP) is 1.75. The monoisotopic (exact) mass is 200 g/mol. The third-order valence-electron chi connectivity index (χ3n) is 1.93. The largest absolute Gasteiger partial charge is 0.327 e. The van der Waals surface area contributed by atoms with Crippen LogP contribution in [0.4, 0.5) is 0 Å². The minimum atomic E-state index is -0.158. The van der Waals surface area contributed by atoms with Crippen molar-refractivity contribution in [1.29, 1.82) is 5.26 Å². The van der Waals surface area contributed by atoms with Crippen LogP contribution in [0.3, 0.4) is 0 Å². The SMILES string of the molecule is N#CCC(=O)c1ccccc1C=CCN. The summed E-state index contributed by atoms with van der Waals surface area (Å²) in [4.78, 5) is 11.5. The zero-order valence-electron chi connectivity index (χ0n) is 8.31. The van der Waals surface area contributed by atoms with Crippen LogP contribution >= 0.6 is 0 Å². The molecule has 0 aliphatic heterocycles. The van der Waals surface area contributed by atoms with Crippen molar-refractivity contribution in [1.82, 2.24) is 0 Å². The summed E-state index contributed by atoms with van der Waals surface area (Å²) in [5.74, 6) is -0.158. The number of benzene rings is 1. The van der Waals surface area contributed by atoms with Gasteiger partial charge in [-0.3, -0.25) is 4.79 Å². The summed E-state index contributed by atoms with van der Waals surface area (Å²) >= 11 is 0. The number of ketones is 1. The van der Waals surface area contributed by atoms with Gasteiger partial charge in [-0.2, -0.15) is 5.26 Å². The molecule has 1 aromatic carbocycles. The fraction of sp³-hybridized carbons (Fsp3) is 0.167. The Balaban J connectivity index is 3.01. The molecule has 0 spiro atoms. The number of nitrogens with two attached hydrogens (primary N) is 1. The third-order valence-corrected chi connectivity index (χ3v) is 1.93. The van der Waals surface area contributed by atoms with Gasteiger partial charge in [-0.15, -0.1) is 0 Å². The molecule has 3 heteroatoms. The van der Waals surface area contributed by atoms with Crippen molar-refractivity contribution in [2.24, 2.45) is 5.73 Å². The van der Waals surface area contributed by atoms with E-state index in [-0.39, 0.29) is 12.2 Å². The van der Waals surface area contributed by atoms with E-state index in [1.165, 1.54) is 0 Å². The molecule has 0 heterocycles. The molecule has 0 saturated heterocycles. The number of nitrogens with zero attached hydrogens (tertiary/aromatic N) is 1. The first kappa shape index (κ1) is 11.2.